The molecule has 6 aliphatic rings. The largest absolute Gasteiger partial charge is 0.436 e. The summed E-state index contributed by atoms with van der Waals surface area (Å²) in [5, 5.41) is 3.28. The van der Waals surface area contributed by atoms with Crippen LogP contribution in [0.15, 0.2) is 36.4 Å². The van der Waals surface area contributed by atoms with Crippen LogP contribution < -0.4 is 11.1 Å². The van der Waals surface area contributed by atoms with Crippen molar-refractivity contribution in [3.05, 3.63) is 58.1 Å². The van der Waals surface area contributed by atoms with Gasteiger partial charge in [-0.05, 0) is 74.0 Å². The molecule has 1 unspecified atom stereocenters. The minimum Gasteiger partial charge on any atom is -0.436 e. The fourth-order valence-corrected chi connectivity index (χ4v) is 8.45. The number of amides is 4. The lowest BCUT2D eigenvalue weighted by Crippen LogP contribution is -2.62. The standard InChI is InChI=1S/C36H44ClN7O4/c1-2-25-19-24(20-29(37)33(25)38)21-32(34(45)42-17-15-41(16-18-42)31-23-40-11-7-26(31)8-12-40)48-36(47)43-13-9-28(10-14-43)44-22-27-5-3-4-6-30(27)39-35(44)46/h1,3-6,19-20,26,28,31-32H,7-18,21-23,38H2,(H,39,46)/t31?,32-/m1/s1. The van der Waals surface area contributed by atoms with Crippen molar-refractivity contribution in [3.63, 3.8) is 0 Å². The van der Waals surface area contributed by atoms with Crippen molar-refractivity contribution in [1.82, 2.24) is 24.5 Å². The molecular weight excluding hydrogens is 630 g/mol. The zero-order valence-corrected chi connectivity index (χ0v) is 28.0. The van der Waals surface area contributed by atoms with Gasteiger partial charge < -0.3 is 35.4 Å². The molecule has 2 atom stereocenters. The van der Waals surface area contributed by atoms with Crippen LogP contribution >= 0.6 is 11.6 Å². The zero-order valence-electron chi connectivity index (χ0n) is 27.3. The molecule has 48 heavy (non-hydrogen) atoms. The fourth-order valence-electron chi connectivity index (χ4n) is 8.20. The van der Waals surface area contributed by atoms with Crippen molar-refractivity contribution in [3.8, 4) is 12.3 Å². The van der Waals surface area contributed by atoms with Crippen LogP contribution in [0.2, 0.25) is 5.02 Å². The summed E-state index contributed by atoms with van der Waals surface area (Å²) >= 11 is 6.40. The van der Waals surface area contributed by atoms with Crippen LogP contribution in [-0.4, -0.2) is 120 Å². The molecule has 5 fully saturated rings. The van der Waals surface area contributed by atoms with Gasteiger partial charge in [-0.1, -0.05) is 35.7 Å². The van der Waals surface area contributed by atoms with Crippen molar-refractivity contribution >= 4 is 41.0 Å². The molecule has 11 nitrogen and oxygen atoms in total. The Bertz CT molecular complexity index is 1590. The minimum atomic E-state index is -1.05. The van der Waals surface area contributed by atoms with Crippen molar-refractivity contribution in [2.45, 2.75) is 56.8 Å². The normalized spacial score (nSPS) is 25.2. The number of rotatable bonds is 6. The Kier molecular flexibility index (Phi) is 9.40. The summed E-state index contributed by atoms with van der Waals surface area (Å²) in [6.07, 6.45) is 7.95. The summed E-state index contributed by atoms with van der Waals surface area (Å²) in [6, 6.07) is 11.6. The zero-order chi connectivity index (χ0) is 33.4. The van der Waals surface area contributed by atoms with E-state index in [1.54, 1.807) is 17.0 Å². The van der Waals surface area contributed by atoms with Gasteiger partial charge in [0.1, 0.15) is 0 Å². The highest BCUT2D eigenvalue weighted by Gasteiger charge is 2.40. The van der Waals surface area contributed by atoms with Gasteiger partial charge >= 0.3 is 12.1 Å². The number of nitrogens with one attached hydrogen (secondary N) is 1. The first-order valence-corrected chi connectivity index (χ1v) is 17.6. The van der Waals surface area contributed by atoms with Crippen molar-refractivity contribution in [2.75, 3.05) is 70.0 Å². The minimum absolute atomic E-state index is 0.00795. The number of halogens is 1. The van der Waals surface area contributed by atoms with E-state index < -0.39 is 12.2 Å². The second kappa shape index (κ2) is 13.9. The number of piperidine rings is 4. The smallest absolute Gasteiger partial charge is 0.410 e. The SMILES string of the molecule is C#Cc1cc(C[C@@H](OC(=O)N2CCC(N3Cc4ccccc4NC3=O)CC2)C(=O)N2CCN(C3CN4CCC3CC4)CC2)cc(Cl)c1N. The highest BCUT2D eigenvalue weighted by Crippen LogP contribution is 2.32. The fraction of sp³-hybridized carbons (Fsp3) is 0.528. The molecule has 3 N–H and O–H groups in total. The maximum atomic E-state index is 14.1. The second-order valence-corrected chi connectivity index (χ2v) is 14.2. The second-order valence-electron chi connectivity index (χ2n) is 13.8. The number of likely N-dealkylation sites (tertiary alicyclic amines) is 1. The third-order valence-electron chi connectivity index (χ3n) is 11.0. The summed E-state index contributed by atoms with van der Waals surface area (Å²) < 4.78 is 6.04. The summed E-state index contributed by atoms with van der Waals surface area (Å²) in [4.78, 5) is 51.0. The van der Waals surface area contributed by atoms with Crippen molar-refractivity contribution < 1.29 is 19.1 Å². The lowest BCUT2D eigenvalue weighted by molar-refractivity contribution is -0.143. The third kappa shape index (κ3) is 6.66. The molecule has 2 aromatic carbocycles. The van der Waals surface area contributed by atoms with Gasteiger partial charge in [0, 0.05) is 82.1 Å². The third-order valence-corrected chi connectivity index (χ3v) is 11.3. The van der Waals surface area contributed by atoms with E-state index in [1.165, 1.54) is 25.9 Å². The molecule has 8 rings (SSSR count). The molecule has 4 amide bonds. The number of benzene rings is 2. The average Bonchev–Trinajstić information content (AvgIpc) is 3.12. The number of anilines is 2. The Balaban J connectivity index is 1.01. The molecular formula is C36H44ClN7O4. The number of para-hydroxylation sites is 1. The summed E-state index contributed by atoms with van der Waals surface area (Å²) in [7, 11) is 0. The number of carbonyl (C=O) groups is 3. The maximum Gasteiger partial charge on any atom is 0.410 e. The number of nitrogens with two attached hydrogens (primary N) is 1. The molecule has 0 aromatic heterocycles. The van der Waals surface area contributed by atoms with Crippen molar-refractivity contribution in [1.29, 1.82) is 0 Å². The van der Waals surface area contributed by atoms with Crippen LogP contribution in [0.3, 0.4) is 0 Å². The van der Waals surface area contributed by atoms with Gasteiger partial charge in [-0.15, -0.1) is 6.42 Å². The maximum absolute atomic E-state index is 14.1. The van der Waals surface area contributed by atoms with Crippen molar-refractivity contribution in [2.24, 2.45) is 5.92 Å². The van der Waals surface area contributed by atoms with Gasteiger partial charge in [0.15, 0.2) is 6.10 Å². The Hall–Kier alpha value is -3.98. The van der Waals surface area contributed by atoms with E-state index in [4.69, 9.17) is 28.5 Å². The van der Waals surface area contributed by atoms with Crippen LogP contribution in [-0.2, 0) is 22.5 Å². The molecule has 0 radical (unpaired) electrons. The van der Waals surface area contributed by atoms with Gasteiger partial charge in [-0.2, -0.15) is 0 Å². The molecule has 254 valence electrons. The number of urea groups is 1. The topological polar surface area (TPSA) is 115 Å². The Morgan fingerprint density at radius 2 is 1.73 bits per heavy atom. The van der Waals surface area contributed by atoms with Crippen LogP contribution in [0, 0.1) is 18.3 Å². The van der Waals surface area contributed by atoms with E-state index in [9.17, 15) is 14.4 Å². The molecule has 0 saturated carbocycles. The predicted molar refractivity (Wildman–Crippen MR) is 184 cm³/mol. The number of fused-ring (bicyclic) bond motifs is 4. The van der Waals surface area contributed by atoms with Crippen LogP contribution in [0.4, 0.5) is 21.0 Å². The van der Waals surface area contributed by atoms with E-state index >= 15 is 0 Å². The number of hydrogen-bond acceptors (Lipinski definition) is 7. The Morgan fingerprint density at radius 1 is 1.00 bits per heavy atom. The van der Waals surface area contributed by atoms with E-state index in [-0.39, 0.29) is 24.4 Å². The number of ether oxygens (including phenoxy) is 1. The first kappa shape index (κ1) is 32.6. The molecule has 2 aromatic rings. The van der Waals surface area contributed by atoms with Gasteiger partial charge in [0.2, 0.25) is 0 Å². The predicted octanol–water partition coefficient (Wildman–Crippen LogP) is 3.70. The molecule has 6 heterocycles. The highest BCUT2D eigenvalue weighted by molar-refractivity contribution is 6.33. The lowest BCUT2D eigenvalue weighted by Gasteiger charge is -2.51. The number of hydrogen-bond donors (Lipinski definition) is 2. The number of nitrogen functional groups attached to an aromatic ring is 1. The average molecular weight is 674 g/mol. The Morgan fingerprint density at radius 3 is 2.42 bits per heavy atom. The van der Waals surface area contributed by atoms with Gasteiger partial charge in [-0.3, -0.25) is 9.69 Å². The molecule has 0 spiro atoms. The number of nitrogens with zero attached hydrogens (tertiary/aromatic N) is 5. The quantitative estimate of drug-likeness (QED) is 0.355. The number of piperazine rings is 1. The number of terminal acetylenes is 1. The molecule has 6 aliphatic heterocycles. The van der Waals surface area contributed by atoms with Crippen LogP contribution in [0.1, 0.15) is 42.4 Å². The molecule has 2 bridgehead atoms. The van der Waals surface area contributed by atoms with Crippen LogP contribution in [0.25, 0.3) is 0 Å². The van der Waals surface area contributed by atoms with Gasteiger partial charge in [0.25, 0.3) is 5.91 Å². The summed E-state index contributed by atoms with van der Waals surface area (Å²) in [5.41, 5.74) is 9.39. The van der Waals surface area contributed by atoms with E-state index in [0.29, 0.717) is 73.4 Å². The number of carbonyl (C=O) groups excluding carboxylic acids is 3. The molecule has 0 aliphatic carbocycles. The molecule has 5 saturated heterocycles. The lowest BCUT2D eigenvalue weighted by atomic mass is 9.83. The molecule has 12 heteroatoms. The van der Waals surface area contributed by atoms with E-state index in [0.717, 1.165) is 36.8 Å². The highest BCUT2D eigenvalue weighted by atomic mass is 35.5. The summed E-state index contributed by atoms with van der Waals surface area (Å²) in [5.74, 6) is 3.08. The van der Waals surface area contributed by atoms with Crippen LogP contribution in [0.5, 0.6) is 0 Å². The first-order chi connectivity index (χ1) is 23.3. The van der Waals surface area contributed by atoms with Gasteiger partial charge in [0.05, 0.1) is 10.7 Å². The van der Waals surface area contributed by atoms with Gasteiger partial charge in [-0.25, -0.2) is 9.59 Å². The van der Waals surface area contributed by atoms with E-state index in [2.05, 4.69) is 21.0 Å². The monoisotopic (exact) mass is 673 g/mol. The first-order valence-electron chi connectivity index (χ1n) is 17.2. The Labute approximate surface area is 287 Å². The summed E-state index contributed by atoms with van der Waals surface area (Å²) in [6.45, 7) is 7.65. The van der Waals surface area contributed by atoms with E-state index in [1.807, 2.05) is 34.1 Å².